The second-order valence-corrected chi connectivity index (χ2v) is 5.56. The predicted molar refractivity (Wildman–Crippen MR) is 57.3 cm³/mol. The van der Waals surface area contributed by atoms with E-state index in [1.54, 1.807) is 0 Å². The molecule has 1 saturated carbocycles. The number of carbonyl (C=O) groups excluding carboxylic acids is 1. The third kappa shape index (κ3) is 2.16. The highest BCUT2D eigenvalue weighted by molar-refractivity contribution is 5.86. The summed E-state index contributed by atoms with van der Waals surface area (Å²) in [5.74, 6) is 0.565. The van der Waals surface area contributed by atoms with Crippen LogP contribution in [0.25, 0.3) is 0 Å². The zero-order valence-corrected chi connectivity index (χ0v) is 9.51. The minimum absolute atomic E-state index is 0.0531. The van der Waals surface area contributed by atoms with E-state index in [0.29, 0.717) is 31.0 Å². The van der Waals surface area contributed by atoms with E-state index in [2.05, 4.69) is 19.2 Å². The molecule has 4 heteroatoms. The van der Waals surface area contributed by atoms with Crippen molar-refractivity contribution in [3.05, 3.63) is 0 Å². The first-order valence-corrected chi connectivity index (χ1v) is 5.59. The van der Waals surface area contributed by atoms with E-state index < -0.39 is 5.54 Å². The van der Waals surface area contributed by atoms with Gasteiger partial charge in [-0.1, -0.05) is 13.8 Å². The van der Waals surface area contributed by atoms with Gasteiger partial charge in [-0.15, -0.1) is 0 Å². The molecule has 2 aliphatic rings. The molecular weight excluding hydrogens is 192 g/mol. The molecule has 1 saturated heterocycles. The minimum atomic E-state index is -0.779. The quantitative estimate of drug-likeness (QED) is 0.705. The van der Waals surface area contributed by atoms with Crippen molar-refractivity contribution in [2.75, 3.05) is 19.8 Å². The standard InChI is InChI=1S/C11H20N2O2/c1-10(2)5-8(10)6-13-9(14)11(12)3-4-15-7-11/h8H,3-7,12H2,1-2H3,(H,13,14). The van der Waals surface area contributed by atoms with E-state index in [1.807, 2.05) is 0 Å². The van der Waals surface area contributed by atoms with E-state index in [1.165, 1.54) is 6.42 Å². The fraction of sp³-hybridized carbons (Fsp3) is 0.909. The lowest BCUT2D eigenvalue weighted by molar-refractivity contribution is -0.126. The van der Waals surface area contributed by atoms with Gasteiger partial charge in [0.05, 0.1) is 6.61 Å². The van der Waals surface area contributed by atoms with Crippen LogP contribution in [0.3, 0.4) is 0 Å². The molecule has 0 aromatic carbocycles. The van der Waals surface area contributed by atoms with Crippen molar-refractivity contribution < 1.29 is 9.53 Å². The fourth-order valence-corrected chi connectivity index (χ4v) is 2.08. The van der Waals surface area contributed by atoms with E-state index in [4.69, 9.17) is 10.5 Å². The molecule has 1 heterocycles. The molecule has 2 rings (SSSR count). The zero-order valence-electron chi connectivity index (χ0n) is 9.51. The van der Waals surface area contributed by atoms with Gasteiger partial charge in [0.2, 0.25) is 5.91 Å². The third-order valence-corrected chi connectivity index (χ3v) is 3.73. The maximum absolute atomic E-state index is 11.8. The van der Waals surface area contributed by atoms with Crippen LogP contribution in [-0.2, 0) is 9.53 Å². The molecule has 2 atom stereocenters. The number of amides is 1. The van der Waals surface area contributed by atoms with Crippen LogP contribution in [0.15, 0.2) is 0 Å². The molecule has 0 aromatic rings. The smallest absolute Gasteiger partial charge is 0.242 e. The minimum Gasteiger partial charge on any atom is -0.379 e. The topological polar surface area (TPSA) is 64.4 Å². The normalized spacial score (nSPS) is 37.7. The van der Waals surface area contributed by atoms with Crippen molar-refractivity contribution in [3.8, 4) is 0 Å². The predicted octanol–water partition coefficient (Wildman–Crippen LogP) is 0.267. The van der Waals surface area contributed by atoms with Crippen molar-refractivity contribution in [1.29, 1.82) is 0 Å². The molecule has 2 unspecified atom stereocenters. The lowest BCUT2D eigenvalue weighted by Gasteiger charge is -2.20. The molecule has 0 bridgehead atoms. The molecule has 4 nitrogen and oxygen atoms in total. The average molecular weight is 212 g/mol. The van der Waals surface area contributed by atoms with Crippen LogP contribution in [0, 0.1) is 11.3 Å². The molecule has 0 spiro atoms. The van der Waals surface area contributed by atoms with Crippen molar-refractivity contribution in [1.82, 2.24) is 5.32 Å². The summed E-state index contributed by atoms with van der Waals surface area (Å²) < 4.78 is 5.16. The summed E-state index contributed by atoms with van der Waals surface area (Å²) in [4.78, 5) is 11.8. The van der Waals surface area contributed by atoms with Gasteiger partial charge in [-0.2, -0.15) is 0 Å². The molecule has 1 amide bonds. The Kier molecular flexibility index (Phi) is 2.51. The first kappa shape index (κ1) is 10.9. The molecule has 1 aliphatic heterocycles. The monoisotopic (exact) mass is 212 g/mol. The molecule has 0 radical (unpaired) electrons. The van der Waals surface area contributed by atoms with Crippen LogP contribution in [-0.4, -0.2) is 31.2 Å². The van der Waals surface area contributed by atoms with Gasteiger partial charge in [0.25, 0.3) is 0 Å². The highest BCUT2D eigenvalue weighted by Gasteiger charge is 2.46. The summed E-state index contributed by atoms with van der Waals surface area (Å²) in [5.41, 5.74) is 5.57. The largest absolute Gasteiger partial charge is 0.379 e. The number of ether oxygens (including phenoxy) is 1. The number of nitrogens with one attached hydrogen (secondary N) is 1. The molecular formula is C11H20N2O2. The Hall–Kier alpha value is -0.610. The molecule has 0 aromatic heterocycles. The van der Waals surface area contributed by atoms with Crippen LogP contribution in [0.2, 0.25) is 0 Å². The Bertz CT molecular complexity index is 270. The summed E-state index contributed by atoms with van der Waals surface area (Å²) >= 11 is 0. The molecule has 15 heavy (non-hydrogen) atoms. The second kappa shape index (κ2) is 3.46. The number of hydrogen-bond acceptors (Lipinski definition) is 3. The lowest BCUT2D eigenvalue weighted by Crippen LogP contribution is -2.54. The highest BCUT2D eigenvalue weighted by atomic mass is 16.5. The summed E-state index contributed by atoms with van der Waals surface area (Å²) in [6.07, 6.45) is 1.83. The maximum atomic E-state index is 11.8. The first-order chi connectivity index (χ1) is 6.94. The Morgan fingerprint density at radius 3 is 2.73 bits per heavy atom. The van der Waals surface area contributed by atoms with Crippen LogP contribution in [0.4, 0.5) is 0 Å². The Morgan fingerprint density at radius 2 is 2.27 bits per heavy atom. The fourth-order valence-electron chi connectivity index (χ4n) is 2.08. The SMILES string of the molecule is CC1(C)CC1CNC(=O)C1(N)CCOC1. The van der Waals surface area contributed by atoms with E-state index in [0.717, 1.165) is 6.54 Å². The van der Waals surface area contributed by atoms with Gasteiger partial charge in [-0.05, 0) is 24.2 Å². The number of hydrogen-bond donors (Lipinski definition) is 2. The third-order valence-electron chi connectivity index (χ3n) is 3.73. The van der Waals surface area contributed by atoms with Gasteiger partial charge in [-0.25, -0.2) is 0 Å². The van der Waals surface area contributed by atoms with Crippen LogP contribution in [0.5, 0.6) is 0 Å². The van der Waals surface area contributed by atoms with E-state index in [9.17, 15) is 4.79 Å². The number of nitrogens with two attached hydrogens (primary N) is 1. The molecule has 1 aliphatic carbocycles. The second-order valence-electron chi connectivity index (χ2n) is 5.56. The number of rotatable bonds is 3. The van der Waals surface area contributed by atoms with E-state index in [-0.39, 0.29) is 5.91 Å². The molecule has 2 fully saturated rings. The first-order valence-electron chi connectivity index (χ1n) is 5.59. The summed E-state index contributed by atoms with van der Waals surface area (Å²) in [5, 5.41) is 2.94. The average Bonchev–Trinajstić information content (AvgIpc) is 2.60. The van der Waals surface area contributed by atoms with Gasteiger partial charge in [-0.3, -0.25) is 4.79 Å². The Labute approximate surface area is 90.5 Å². The summed E-state index contributed by atoms with van der Waals surface area (Å²) in [7, 11) is 0. The van der Waals surface area contributed by atoms with Gasteiger partial charge in [0.1, 0.15) is 5.54 Å². The van der Waals surface area contributed by atoms with Crippen molar-refractivity contribution >= 4 is 5.91 Å². The van der Waals surface area contributed by atoms with Gasteiger partial charge in [0.15, 0.2) is 0 Å². The highest BCUT2D eigenvalue weighted by Crippen LogP contribution is 2.50. The molecule has 3 N–H and O–H groups in total. The Balaban J connectivity index is 1.78. The van der Waals surface area contributed by atoms with Crippen molar-refractivity contribution in [2.45, 2.75) is 32.2 Å². The van der Waals surface area contributed by atoms with Crippen LogP contribution < -0.4 is 11.1 Å². The summed E-state index contributed by atoms with van der Waals surface area (Å²) in [6, 6.07) is 0. The number of carbonyl (C=O) groups is 1. The van der Waals surface area contributed by atoms with Gasteiger partial charge >= 0.3 is 0 Å². The summed E-state index contributed by atoms with van der Waals surface area (Å²) in [6.45, 7) is 6.15. The van der Waals surface area contributed by atoms with Gasteiger partial charge < -0.3 is 15.8 Å². The molecule has 86 valence electrons. The van der Waals surface area contributed by atoms with Crippen molar-refractivity contribution in [2.24, 2.45) is 17.1 Å². The van der Waals surface area contributed by atoms with Crippen LogP contribution >= 0.6 is 0 Å². The van der Waals surface area contributed by atoms with E-state index >= 15 is 0 Å². The zero-order chi connectivity index (χ0) is 11.1. The lowest BCUT2D eigenvalue weighted by atomic mass is 9.99. The maximum Gasteiger partial charge on any atom is 0.242 e. The Morgan fingerprint density at radius 1 is 1.60 bits per heavy atom. The van der Waals surface area contributed by atoms with Gasteiger partial charge in [0, 0.05) is 13.2 Å². The van der Waals surface area contributed by atoms with Crippen LogP contribution in [0.1, 0.15) is 26.7 Å². The van der Waals surface area contributed by atoms with Crippen molar-refractivity contribution in [3.63, 3.8) is 0 Å².